The van der Waals surface area contributed by atoms with Crippen LogP contribution in [0, 0.1) is 5.41 Å². The molecule has 0 aromatic carbocycles. The molecule has 1 saturated heterocycles. The zero-order valence-corrected chi connectivity index (χ0v) is 12.4. The van der Waals surface area contributed by atoms with Crippen molar-refractivity contribution in [2.75, 3.05) is 18.0 Å². The van der Waals surface area contributed by atoms with Gasteiger partial charge in [0.05, 0.1) is 0 Å². The highest BCUT2D eigenvalue weighted by Gasteiger charge is 2.37. The molecule has 0 bridgehead atoms. The fourth-order valence-corrected chi connectivity index (χ4v) is 4.00. The van der Waals surface area contributed by atoms with Gasteiger partial charge in [-0.1, -0.05) is 12.2 Å². The Morgan fingerprint density at radius 1 is 1.20 bits per heavy atom. The zero-order valence-electron chi connectivity index (χ0n) is 12.4. The van der Waals surface area contributed by atoms with Gasteiger partial charge < -0.3 is 9.47 Å². The van der Waals surface area contributed by atoms with Crippen molar-refractivity contribution in [3.8, 4) is 0 Å². The van der Waals surface area contributed by atoms with Gasteiger partial charge >= 0.3 is 0 Å². The van der Waals surface area contributed by atoms with Crippen molar-refractivity contribution in [1.29, 1.82) is 0 Å². The van der Waals surface area contributed by atoms with Crippen LogP contribution in [0.1, 0.15) is 56.7 Å². The number of aromatic nitrogens is 3. The lowest BCUT2D eigenvalue weighted by molar-refractivity contribution is 0.207. The van der Waals surface area contributed by atoms with E-state index in [1.54, 1.807) is 0 Å². The van der Waals surface area contributed by atoms with Crippen LogP contribution in [-0.2, 0) is 7.05 Å². The Morgan fingerprint density at radius 2 is 2.10 bits per heavy atom. The Balaban J connectivity index is 1.57. The van der Waals surface area contributed by atoms with Gasteiger partial charge in [0.2, 0.25) is 5.95 Å². The van der Waals surface area contributed by atoms with Gasteiger partial charge in [-0.2, -0.15) is 0 Å². The van der Waals surface area contributed by atoms with E-state index in [4.69, 9.17) is 0 Å². The number of hydrogen-bond donors (Lipinski definition) is 0. The maximum absolute atomic E-state index is 4.50. The molecule has 20 heavy (non-hydrogen) atoms. The molecule has 2 heterocycles. The predicted molar refractivity (Wildman–Crippen MR) is 79.8 cm³/mol. The highest BCUT2D eigenvalue weighted by Crippen LogP contribution is 2.43. The summed E-state index contributed by atoms with van der Waals surface area (Å²) in [6.45, 7) is 2.30. The molecule has 4 nitrogen and oxygen atoms in total. The number of allylic oxidation sites excluding steroid dienone is 2. The van der Waals surface area contributed by atoms with Crippen LogP contribution in [-0.4, -0.2) is 27.9 Å². The lowest BCUT2D eigenvalue weighted by Crippen LogP contribution is -2.44. The predicted octanol–water partition coefficient (Wildman–Crippen LogP) is 3.02. The number of piperidine rings is 1. The lowest BCUT2D eigenvalue weighted by atomic mass is 9.71. The van der Waals surface area contributed by atoms with Crippen LogP contribution >= 0.6 is 0 Å². The fraction of sp³-hybridized carbons (Fsp3) is 0.750. The van der Waals surface area contributed by atoms with Crippen LogP contribution in [0.2, 0.25) is 0 Å². The van der Waals surface area contributed by atoms with Crippen molar-refractivity contribution in [3.63, 3.8) is 0 Å². The van der Waals surface area contributed by atoms with E-state index in [9.17, 15) is 0 Å². The number of hydrogen-bond acceptors (Lipinski definition) is 3. The molecule has 0 unspecified atom stereocenters. The molecule has 2 fully saturated rings. The van der Waals surface area contributed by atoms with Crippen LogP contribution in [0.25, 0.3) is 0 Å². The third kappa shape index (κ3) is 2.05. The maximum Gasteiger partial charge on any atom is 0.226 e. The third-order valence-electron chi connectivity index (χ3n) is 5.33. The standard InChI is InChI=1S/C16H24N4/c1-19-14(13-6-7-13)17-18-15(19)20-11-5-10-16(12-20)8-3-2-4-9-16/h2-3,13H,4-12H2,1H3/t16-/m1/s1. The molecule has 3 aliphatic rings. The molecule has 0 radical (unpaired) electrons. The van der Waals surface area contributed by atoms with Crippen LogP contribution in [0.5, 0.6) is 0 Å². The zero-order chi connectivity index (χ0) is 13.6. The molecule has 1 aromatic heterocycles. The molecule has 1 atom stereocenters. The summed E-state index contributed by atoms with van der Waals surface area (Å²) >= 11 is 0. The molecule has 0 amide bonds. The van der Waals surface area contributed by atoms with E-state index in [2.05, 4.69) is 38.9 Å². The van der Waals surface area contributed by atoms with Crippen LogP contribution in [0.4, 0.5) is 5.95 Å². The number of anilines is 1. The summed E-state index contributed by atoms with van der Waals surface area (Å²) in [5.41, 5.74) is 0.499. The third-order valence-corrected chi connectivity index (χ3v) is 5.33. The van der Waals surface area contributed by atoms with Crippen LogP contribution in [0.3, 0.4) is 0 Å². The molecular formula is C16H24N4. The van der Waals surface area contributed by atoms with E-state index in [0.29, 0.717) is 11.3 Å². The van der Waals surface area contributed by atoms with Crippen molar-refractivity contribution in [3.05, 3.63) is 18.0 Å². The van der Waals surface area contributed by atoms with Crippen molar-refractivity contribution in [2.45, 2.75) is 50.9 Å². The highest BCUT2D eigenvalue weighted by molar-refractivity contribution is 5.34. The van der Waals surface area contributed by atoms with E-state index in [1.807, 2.05) is 0 Å². The first-order valence-electron chi connectivity index (χ1n) is 8.07. The normalized spacial score (nSPS) is 30.1. The smallest absolute Gasteiger partial charge is 0.226 e. The Bertz CT molecular complexity index is 529. The van der Waals surface area contributed by atoms with E-state index in [-0.39, 0.29) is 0 Å². The second-order valence-corrected chi connectivity index (χ2v) is 6.93. The van der Waals surface area contributed by atoms with Crippen molar-refractivity contribution in [2.24, 2.45) is 12.5 Å². The van der Waals surface area contributed by atoms with E-state index in [0.717, 1.165) is 19.0 Å². The van der Waals surface area contributed by atoms with E-state index in [1.165, 1.54) is 50.8 Å². The lowest BCUT2D eigenvalue weighted by Gasteiger charge is -2.44. The Hall–Kier alpha value is -1.32. The van der Waals surface area contributed by atoms with Gasteiger partial charge in [-0.25, -0.2) is 0 Å². The average molecular weight is 272 g/mol. The first kappa shape index (κ1) is 12.4. The molecule has 1 spiro atoms. The van der Waals surface area contributed by atoms with E-state index >= 15 is 0 Å². The van der Waals surface area contributed by atoms with Crippen molar-refractivity contribution < 1.29 is 0 Å². The second kappa shape index (κ2) is 4.61. The Labute approximate surface area is 120 Å². The van der Waals surface area contributed by atoms with Crippen molar-refractivity contribution >= 4 is 5.95 Å². The molecule has 1 saturated carbocycles. The summed E-state index contributed by atoms with van der Waals surface area (Å²) in [7, 11) is 2.14. The summed E-state index contributed by atoms with van der Waals surface area (Å²) in [6, 6.07) is 0. The van der Waals surface area contributed by atoms with Gasteiger partial charge in [0.1, 0.15) is 5.82 Å². The second-order valence-electron chi connectivity index (χ2n) is 6.93. The Morgan fingerprint density at radius 3 is 2.85 bits per heavy atom. The highest BCUT2D eigenvalue weighted by atomic mass is 15.4. The quantitative estimate of drug-likeness (QED) is 0.776. The van der Waals surface area contributed by atoms with Gasteiger partial charge in [0.15, 0.2) is 0 Å². The Kier molecular flexibility index (Phi) is 2.86. The molecule has 0 N–H and O–H groups in total. The van der Waals surface area contributed by atoms with Crippen molar-refractivity contribution in [1.82, 2.24) is 14.8 Å². The molecule has 1 aliphatic heterocycles. The summed E-state index contributed by atoms with van der Waals surface area (Å²) in [5, 5.41) is 8.94. The van der Waals surface area contributed by atoms with Crippen LogP contribution < -0.4 is 4.90 Å². The first-order chi connectivity index (χ1) is 9.77. The van der Waals surface area contributed by atoms with Crippen LogP contribution in [0.15, 0.2) is 12.2 Å². The minimum atomic E-state index is 0.499. The summed E-state index contributed by atoms with van der Waals surface area (Å²) in [6.07, 6.45) is 13.8. The fourth-order valence-electron chi connectivity index (χ4n) is 4.00. The average Bonchev–Trinajstić information content (AvgIpc) is 3.23. The minimum absolute atomic E-state index is 0.499. The summed E-state index contributed by atoms with van der Waals surface area (Å²) in [4.78, 5) is 2.49. The topological polar surface area (TPSA) is 34.0 Å². The van der Waals surface area contributed by atoms with Gasteiger partial charge in [-0.3, -0.25) is 0 Å². The van der Waals surface area contributed by atoms with E-state index < -0.39 is 0 Å². The molecule has 1 aromatic rings. The van der Waals surface area contributed by atoms with Gasteiger partial charge in [0.25, 0.3) is 0 Å². The summed E-state index contributed by atoms with van der Waals surface area (Å²) in [5.74, 6) is 2.97. The SMILES string of the molecule is Cn1c(C2CC2)nnc1N1CCC[C@]2(CC=CCC2)C1. The molecule has 4 heteroatoms. The van der Waals surface area contributed by atoms with Gasteiger partial charge in [-0.15, -0.1) is 10.2 Å². The number of nitrogens with zero attached hydrogens (tertiary/aromatic N) is 4. The first-order valence-corrected chi connectivity index (χ1v) is 8.07. The van der Waals surface area contributed by atoms with Gasteiger partial charge in [-0.05, 0) is 50.4 Å². The molecular weight excluding hydrogens is 248 g/mol. The molecule has 108 valence electrons. The van der Waals surface area contributed by atoms with Gasteiger partial charge in [0, 0.05) is 26.1 Å². The summed E-state index contributed by atoms with van der Waals surface area (Å²) < 4.78 is 2.25. The minimum Gasteiger partial charge on any atom is -0.340 e. The number of rotatable bonds is 2. The monoisotopic (exact) mass is 272 g/mol. The largest absolute Gasteiger partial charge is 0.340 e. The maximum atomic E-state index is 4.50. The molecule has 2 aliphatic carbocycles. The molecule has 4 rings (SSSR count).